The molecule has 0 radical (unpaired) electrons. The van der Waals surface area contributed by atoms with Crippen LogP contribution in [0, 0.1) is 5.82 Å². The zero-order valence-corrected chi connectivity index (χ0v) is 8.85. The van der Waals surface area contributed by atoms with E-state index in [1.807, 2.05) is 0 Å². The van der Waals surface area contributed by atoms with E-state index in [4.69, 9.17) is 5.73 Å². The van der Waals surface area contributed by atoms with Crippen LogP contribution in [0.15, 0.2) is 42.6 Å². The van der Waals surface area contributed by atoms with Crippen LogP contribution >= 0.6 is 0 Å². The molecule has 0 atom stereocenters. The molecule has 0 saturated carbocycles. The highest BCUT2D eigenvalue weighted by Crippen LogP contribution is 2.10. The predicted octanol–water partition coefficient (Wildman–Crippen LogP) is 2.06. The SMILES string of the molecule is Nc1ccnc(C(=O)Nc2ccc(F)cc2)c1. The minimum absolute atomic E-state index is 0.217. The first-order chi connectivity index (χ1) is 8.15. The van der Waals surface area contributed by atoms with E-state index in [1.54, 1.807) is 6.07 Å². The van der Waals surface area contributed by atoms with Crippen LogP contribution in [0.2, 0.25) is 0 Å². The fraction of sp³-hybridized carbons (Fsp3) is 0. The number of halogens is 1. The van der Waals surface area contributed by atoms with Gasteiger partial charge in [-0.2, -0.15) is 0 Å². The van der Waals surface area contributed by atoms with Crippen LogP contribution in [0.25, 0.3) is 0 Å². The van der Waals surface area contributed by atoms with Crippen molar-refractivity contribution in [2.75, 3.05) is 11.1 Å². The fourth-order valence-electron chi connectivity index (χ4n) is 1.30. The Hall–Kier alpha value is -2.43. The van der Waals surface area contributed by atoms with Crippen LogP contribution in [0.3, 0.4) is 0 Å². The van der Waals surface area contributed by atoms with Gasteiger partial charge in [-0.3, -0.25) is 9.78 Å². The van der Waals surface area contributed by atoms with Gasteiger partial charge in [0, 0.05) is 17.6 Å². The van der Waals surface area contributed by atoms with Crippen molar-refractivity contribution < 1.29 is 9.18 Å². The number of carbonyl (C=O) groups excluding carboxylic acids is 1. The van der Waals surface area contributed by atoms with Gasteiger partial charge in [-0.1, -0.05) is 0 Å². The summed E-state index contributed by atoms with van der Waals surface area (Å²) in [5.74, 6) is -0.742. The maximum Gasteiger partial charge on any atom is 0.274 e. The minimum atomic E-state index is -0.385. The lowest BCUT2D eigenvalue weighted by molar-refractivity contribution is 0.102. The summed E-state index contributed by atoms with van der Waals surface area (Å²) in [6, 6.07) is 8.54. The number of nitrogen functional groups attached to an aromatic ring is 1. The molecule has 0 aliphatic heterocycles. The van der Waals surface area contributed by atoms with Crippen molar-refractivity contribution in [3.05, 3.63) is 54.1 Å². The van der Waals surface area contributed by atoms with E-state index in [-0.39, 0.29) is 17.4 Å². The number of nitrogens with two attached hydrogens (primary N) is 1. The van der Waals surface area contributed by atoms with E-state index in [1.165, 1.54) is 36.5 Å². The van der Waals surface area contributed by atoms with Gasteiger partial charge in [0.25, 0.3) is 5.91 Å². The molecule has 5 heteroatoms. The molecule has 1 aromatic heterocycles. The number of aromatic nitrogens is 1. The van der Waals surface area contributed by atoms with E-state index in [9.17, 15) is 9.18 Å². The monoisotopic (exact) mass is 231 g/mol. The van der Waals surface area contributed by atoms with Gasteiger partial charge >= 0.3 is 0 Å². The maximum atomic E-state index is 12.7. The fourth-order valence-corrected chi connectivity index (χ4v) is 1.30. The maximum absolute atomic E-state index is 12.7. The Morgan fingerprint density at radius 1 is 1.24 bits per heavy atom. The van der Waals surface area contributed by atoms with Crippen molar-refractivity contribution in [3.8, 4) is 0 Å². The number of carbonyl (C=O) groups is 1. The van der Waals surface area contributed by atoms with Gasteiger partial charge in [0.15, 0.2) is 0 Å². The van der Waals surface area contributed by atoms with Crippen molar-refractivity contribution in [1.29, 1.82) is 0 Å². The van der Waals surface area contributed by atoms with Crippen molar-refractivity contribution >= 4 is 17.3 Å². The van der Waals surface area contributed by atoms with Gasteiger partial charge in [-0.15, -0.1) is 0 Å². The van der Waals surface area contributed by atoms with E-state index >= 15 is 0 Å². The third-order valence-electron chi connectivity index (χ3n) is 2.12. The van der Waals surface area contributed by atoms with Crippen LogP contribution < -0.4 is 11.1 Å². The normalized spacial score (nSPS) is 9.94. The molecule has 0 saturated heterocycles. The van der Waals surface area contributed by atoms with Crippen LogP contribution in [0.5, 0.6) is 0 Å². The highest BCUT2D eigenvalue weighted by molar-refractivity contribution is 6.03. The van der Waals surface area contributed by atoms with Gasteiger partial charge in [0.1, 0.15) is 11.5 Å². The number of pyridine rings is 1. The molecule has 2 rings (SSSR count). The first kappa shape index (κ1) is 11.1. The molecular formula is C12H10FN3O. The Balaban J connectivity index is 2.14. The number of hydrogen-bond acceptors (Lipinski definition) is 3. The summed E-state index contributed by atoms with van der Waals surface area (Å²) in [6.07, 6.45) is 1.45. The lowest BCUT2D eigenvalue weighted by Gasteiger charge is -2.04. The molecule has 0 unspecified atom stereocenters. The van der Waals surface area contributed by atoms with Gasteiger partial charge in [0.05, 0.1) is 0 Å². The van der Waals surface area contributed by atoms with E-state index in [2.05, 4.69) is 10.3 Å². The molecule has 86 valence electrons. The van der Waals surface area contributed by atoms with Crippen molar-refractivity contribution in [2.24, 2.45) is 0 Å². The number of rotatable bonds is 2. The highest BCUT2D eigenvalue weighted by atomic mass is 19.1. The van der Waals surface area contributed by atoms with Crippen molar-refractivity contribution in [2.45, 2.75) is 0 Å². The topological polar surface area (TPSA) is 68.0 Å². The van der Waals surface area contributed by atoms with Gasteiger partial charge in [-0.25, -0.2) is 4.39 Å². The van der Waals surface area contributed by atoms with Crippen molar-refractivity contribution in [1.82, 2.24) is 4.98 Å². The van der Waals surface area contributed by atoms with Crippen LogP contribution in [0.4, 0.5) is 15.8 Å². The second-order valence-corrected chi connectivity index (χ2v) is 3.44. The third-order valence-corrected chi connectivity index (χ3v) is 2.12. The molecule has 0 aliphatic carbocycles. The second-order valence-electron chi connectivity index (χ2n) is 3.44. The molecule has 0 spiro atoms. The Kier molecular flexibility index (Phi) is 3.00. The molecule has 0 aliphatic rings. The molecule has 0 bridgehead atoms. The summed E-state index contributed by atoms with van der Waals surface area (Å²) in [4.78, 5) is 15.6. The number of nitrogens with one attached hydrogen (secondary N) is 1. The quantitative estimate of drug-likeness (QED) is 0.831. The molecule has 0 fully saturated rings. The lowest BCUT2D eigenvalue weighted by atomic mass is 10.2. The smallest absolute Gasteiger partial charge is 0.274 e. The average Bonchev–Trinajstić information content (AvgIpc) is 2.32. The summed E-state index contributed by atoms with van der Waals surface area (Å²) in [7, 11) is 0. The summed E-state index contributed by atoms with van der Waals surface area (Å²) < 4.78 is 12.7. The first-order valence-electron chi connectivity index (χ1n) is 4.93. The molecule has 1 aromatic carbocycles. The third kappa shape index (κ3) is 2.78. The number of anilines is 2. The number of benzene rings is 1. The molecule has 3 N–H and O–H groups in total. The summed E-state index contributed by atoms with van der Waals surface area (Å²) in [6.45, 7) is 0. The van der Waals surface area contributed by atoms with E-state index < -0.39 is 0 Å². The van der Waals surface area contributed by atoms with Crippen molar-refractivity contribution in [3.63, 3.8) is 0 Å². The average molecular weight is 231 g/mol. The standard InChI is InChI=1S/C12H10FN3O/c13-8-1-3-10(4-2-8)16-12(17)11-7-9(14)5-6-15-11/h1-7H,(H2,14,15)(H,16,17). The number of hydrogen-bond donors (Lipinski definition) is 2. The first-order valence-corrected chi connectivity index (χ1v) is 4.93. The second kappa shape index (κ2) is 4.61. The highest BCUT2D eigenvalue weighted by Gasteiger charge is 2.07. The summed E-state index contributed by atoms with van der Waals surface area (Å²) >= 11 is 0. The predicted molar refractivity (Wildman–Crippen MR) is 63.0 cm³/mol. The zero-order valence-electron chi connectivity index (χ0n) is 8.85. The lowest BCUT2D eigenvalue weighted by Crippen LogP contribution is -2.13. The Morgan fingerprint density at radius 3 is 2.59 bits per heavy atom. The van der Waals surface area contributed by atoms with E-state index in [0.29, 0.717) is 11.4 Å². The molecule has 17 heavy (non-hydrogen) atoms. The minimum Gasteiger partial charge on any atom is -0.399 e. The Morgan fingerprint density at radius 2 is 1.94 bits per heavy atom. The largest absolute Gasteiger partial charge is 0.399 e. The van der Waals surface area contributed by atoms with Crippen LogP contribution in [-0.2, 0) is 0 Å². The number of amides is 1. The molecular weight excluding hydrogens is 221 g/mol. The van der Waals surface area contributed by atoms with Gasteiger partial charge < -0.3 is 11.1 Å². The summed E-state index contributed by atoms with van der Waals surface area (Å²) in [5, 5.41) is 2.59. The molecule has 1 amide bonds. The molecule has 2 aromatic rings. The Labute approximate surface area is 97.3 Å². The van der Waals surface area contributed by atoms with E-state index in [0.717, 1.165) is 0 Å². The molecule has 1 heterocycles. The Bertz CT molecular complexity index is 540. The molecule has 4 nitrogen and oxygen atoms in total. The van der Waals surface area contributed by atoms with Crippen LogP contribution in [0.1, 0.15) is 10.5 Å². The number of nitrogens with zero attached hydrogens (tertiary/aromatic N) is 1. The van der Waals surface area contributed by atoms with Gasteiger partial charge in [-0.05, 0) is 36.4 Å². The van der Waals surface area contributed by atoms with Crippen LogP contribution in [-0.4, -0.2) is 10.9 Å². The zero-order chi connectivity index (χ0) is 12.3. The summed E-state index contributed by atoms with van der Waals surface area (Å²) in [5.41, 5.74) is 6.72. The van der Waals surface area contributed by atoms with Gasteiger partial charge in [0.2, 0.25) is 0 Å².